The van der Waals surface area contributed by atoms with Gasteiger partial charge in [-0.2, -0.15) is 0 Å². The van der Waals surface area contributed by atoms with Gasteiger partial charge in [-0.05, 0) is 44.7 Å². The fourth-order valence-corrected chi connectivity index (χ4v) is 4.77. The molecule has 0 spiro atoms. The van der Waals surface area contributed by atoms with Crippen LogP contribution in [0.15, 0.2) is 42.5 Å². The molecule has 0 heterocycles. The summed E-state index contributed by atoms with van der Waals surface area (Å²) in [6.45, 7) is 11.4. The Morgan fingerprint density at radius 1 is 0.969 bits per heavy atom. The lowest BCUT2D eigenvalue weighted by molar-refractivity contribution is -0.139. The number of hydrogen-bond acceptors (Lipinski definition) is 3. The summed E-state index contributed by atoms with van der Waals surface area (Å²) < 4.78 is 0. The lowest BCUT2D eigenvalue weighted by Crippen LogP contribution is -2.49. The van der Waals surface area contributed by atoms with E-state index in [1.807, 2.05) is 32.0 Å². The Labute approximate surface area is 198 Å². The van der Waals surface area contributed by atoms with Crippen LogP contribution >= 0.6 is 11.8 Å². The highest BCUT2D eigenvalue weighted by molar-refractivity contribution is 7.99. The maximum atomic E-state index is 13.3. The van der Waals surface area contributed by atoms with Crippen molar-refractivity contribution in [3.8, 4) is 0 Å². The van der Waals surface area contributed by atoms with Crippen molar-refractivity contribution in [2.24, 2.45) is 0 Å². The molecule has 2 rings (SSSR count). The van der Waals surface area contributed by atoms with E-state index in [2.05, 4.69) is 50.4 Å². The summed E-state index contributed by atoms with van der Waals surface area (Å²) in [7, 11) is 0. The van der Waals surface area contributed by atoms with Crippen molar-refractivity contribution in [3.63, 3.8) is 0 Å². The van der Waals surface area contributed by atoms with Crippen LogP contribution in [0.1, 0.15) is 60.9 Å². The van der Waals surface area contributed by atoms with Gasteiger partial charge in [0, 0.05) is 18.8 Å². The third-order valence-corrected chi connectivity index (χ3v) is 6.42. The molecule has 0 radical (unpaired) electrons. The Balaban J connectivity index is 2.12. The molecular weight excluding hydrogens is 416 g/mol. The Morgan fingerprint density at radius 2 is 1.66 bits per heavy atom. The Kier molecular flexibility index (Phi) is 10.8. The normalized spacial score (nSPS) is 11.8. The largest absolute Gasteiger partial charge is 0.354 e. The Hall–Kier alpha value is -2.27. The van der Waals surface area contributed by atoms with Crippen molar-refractivity contribution in [3.05, 3.63) is 70.3 Å². The molecule has 0 aliphatic heterocycles. The van der Waals surface area contributed by atoms with Crippen LogP contribution in [0.2, 0.25) is 0 Å². The molecule has 0 saturated heterocycles. The minimum Gasteiger partial charge on any atom is -0.354 e. The van der Waals surface area contributed by atoms with Crippen LogP contribution in [0.4, 0.5) is 0 Å². The molecule has 2 aromatic carbocycles. The minimum absolute atomic E-state index is 0.0124. The number of nitrogens with zero attached hydrogens (tertiary/aromatic N) is 1. The lowest BCUT2D eigenvalue weighted by Gasteiger charge is -2.30. The number of benzene rings is 2. The average molecular weight is 455 g/mol. The number of carbonyl (C=O) groups excluding carboxylic acids is 2. The molecule has 0 saturated carbocycles. The molecule has 1 unspecified atom stereocenters. The van der Waals surface area contributed by atoms with Crippen molar-refractivity contribution in [1.82, 2.24) is 10.2 Å². The van der Waals surface area contributed by atoms with Gasteiger partial charge in [0.2, 0.25) is 11.8 Å². The second kappa shape index (κ2) is 13.3. The van der Waals surface area contributed by atoms with Gasteiger partial charge in [-0.25, -0.2) is 0 Å². The Morgan fingerprint density at radius 3 is 2.28 bits per heavy atom. The zero-order valence-electron chi connectivity index (χ0n) is 20.2. The van der Waals surface area contributed by atoms with E-state index < -0.39 is 6.04 Å². The SMILES string of the molecule is CCCCNC(=O)C(CC)N(Cc1cccc(C)c1)C(=O)CSCc1cc(C)cc(C)c1. The first-order chi connectivity index (χ1) is 15.3. The standard InChI is InChI=1S/C27H38N2O2S/c1-6-8-12-28-27(31)25(7-2)29(17-23-11-9-10-20(3)14-23)26(30)19-32-18-24-15-21(4)13-22(5)16-24/h9-11,13-16,25H,6-8,12,17-19H2,1-5H3,(H,28,31). The smallest absolute Gasteiger partial charge is 0.242 e. The highest BCUT2D eigenvalue weighted by Crippen LogP contribution is 2.19. The van der Waals surface area contributed by atoms with Crippen LogP contribution in [-0.2, 0) is 21.9 Å². The monoisotopic (exact) mass is 454 g/mol. The predicted octanol–water partition coefficient (Wildman–Crippen LogP) is 5.57. The highest BCUT2D eigenvalue weighted by atomic mass is 32.2. The Bertz CT molecular complexity index is 877. The van der Waals surface area contributed by atoms with Gasteiger partial charge in [0.25, 0.3) is 0 Å². The molecule has 2 amide bonds. The van der Waals surface area contributed by atoms with Gasteiger partial charge in [0.1, 0.15) is 6.04 Å². The van der Waals surface area contributed by atoms with Gasteiger partial charge in [-0.1, -0.05) is 79.4 Å². The van der Waals surface area contributed by atoms with Crippen molar-refractivity contribution >= 4 is 23.6 Å². The number of aryl methyl sites for hydroxylation is 3. The lowest BCUT2D eigenvalue weighted by atomic mass is 10.1. The van der Waals surface area contributed by atoms with Gasteiger partial charge in [0.05, 0.1) is 5.75 Å². The first-order valence-electron chi connectivity index (χ1n) is 11.6. The van der Waals surface area contributed by atoms with Gasteiger partial charge in [-0.3, -0.25) is 9.59 Å². The minimum atomic E-state index is -0.457. The summed E-state index contributed by atoms with van der Waals surface area (Å²) in [6, 6.07) is 14.2. The zero-order chi connectivity index (χ0) is 23.5. The molecular formula is C27H38N2O2S. The van der Waals surface area contributed by atoms with Gasteiger partial charge in [0.15, 0.2) is 0 Å². The summed E-state index contributed by atoms with van der Waals surface area (Å²) in [6.07, 6.45) is 2.56. The molecule has 0 aliphatic rings. The van der Waals surface area contributed by atoms with Crippen LogP contribution in [0.25, 0.3) is 0 Å². The molecule has 0 aromatic heterocycles. The summed E-state index contributed by atoms with van der Waals surface area (Å²) in [5, 5.41) is 3.02. The molecule has 4 nitrogen and oxygen atoms in total. The van der Waals surface area contributed by atoms with E-state index in [0.29, 0.717) is 25.3 Å². The number of thioether (sulfide) groups is 1. The van der Waals surface area contributed by atoms with Crippen molar-refractivity contribution < 1.29 is 9.59 Å². The molecule has 2 aromatic rings. The van der Waals surface area contributed by atoms with Crippen LogP contribution in [0.3, 0.4) is 0 Å². The summed E-state index contributed by atoms with van der Waals surface area (Å²) >= 11 is 1.61. The molecule has 5 heteroatoms. The highest BCUT2D eigenvalue weighted by Gasteiger charge is 2.28. The molecule has 1 atom stereocenters. The van der Waals surface area contributed by atoms with Gasteiger partial charge < -0.3 is 10.2 Å². The second-order valence-electron chi connectivity index (χ2n) is 8.57. The third kappa shape index (κ3) is 8.34. The average Bonchev–Trinajstić information content (AvgIpc) is 2.73. The summed E-state index contributed by atoms with van der Waals surface area (Å²) in [5.74, 6) is 1.10. The zero-order valence-corrected chi connectivity index (χ0v) is 21.1. The van der Waals surface area contributed by atoms with Crippen molar-refractivity contribution in [2.45, 2.75) is 72.2 Å². The molecule has 0 fully saturated rings. The van der Waals surface area contributed by atoms with Crippen molar-refractivity contribution in [1.29, 1.82) is 0 Å². The van der Waals surface area contributed by atoms with E-state index in [-0.39, 0.29) is 11.8 Å². The topological polar surface area (TPSA) is 49.4 Å². The molecule has 1 N–H and O–H groups in total. The molecule has 0 bridgehead atoms. The van der Waals surface area contributed by atoms with E-state index >= 15 is 0 Å². The van der Waals surface area contributed by atoms with Crippen LogP contribution in [0.5, 0.6) is 0 Å². The maximum Gasteiger partial charge on any atom is 0.242 e. The van der Waals surface area contributed by atoms with Crippen LogP contribution in [-0.4, -0.2) is 35.1 Å². The fourth-order valence-electron chi connectivity index (χ4n) is 3.92. The van der Waals surface area contributed by atoms with Gasteiger partial charge >= 0.3 is 0 Å². The number of carbonyl (C=O) groups is 2. The maximum absolute atomic E-state index is 13.3. The number of nitrogens with one attached hydrogen (secondary N) is 1. The van der Waals surface area contributed by atoms with E-state index in [1.165, 1.54) is 16.7 Å². The third-order valence-electron chi connectivity index (χ3n) is 5.43. The molecule has 0 aliphatic carbocycles. The first kappa shape index (κ1) is 26.0. The number of amides is 2. The van der Waals surface area contributed by atoms with Crippen molar-refractivity contribution in [2.75, 3.05) is 12.3 Å². The summed E-state index contributed by atoms with van der Waals surface area (Å²) in [5.41, 5.74) is 5.91. The first-order valence-corrected chi connectivity index (χ1v) is 12.8. The van der Waals surface area contributed by atoms with E-state index in [1.54, 1.807) is 16.7 Å². The fraction of sp³-hybridized carbons (Fsp3) is 0.481. The van der Waals surface area contributed by atoms with E-state index in [4.69, 9.17) is 0 Å². The summed E-state index contributed by atoms with van der Waals surface area (Å²) in [4.78, 5) is 28.0. The number of hydrogen-bond donors (Lipinski definition) is 1. The molecule has 32 heavy (non-hydrogen) atoms. The quantitative estimate of drug-likeness (QED) is 0.427. The second-order valence-corrected chi connectivity index (χ2v) is 9.55. The van der Waals surface area contributed by atoms with E-state index in [0.717, 1.165) is 29.7 Å². The van der Waals surface area contributed by atoms with Crippen LogP contribution < -0.4 is 5.32 Å². The number of unbranched alkanes of at least 4 members (excludes halogenated alkanes) is 1. The van der Waals surface area contributed by atoms with Crippen LogP contribution in [0, 0.1) is 20.8 Å². The number of rotatable bonds is 12. The molecule has 174 valence electrons. The van der Waals surface area contributed by atoms with E-state index in [9.17, 15) is 9.59 Å². The van der Waals surface area contributed by atoms with Gasteiger partial charge in [-0.15, -0.1) is 11.8 Å². The predicted molar refractivity (Wildman–Crippen MR) is 136 cm³/mol.